The Bertz CT molecular complexity index is 314. The highest BCUT2D eigenvalue weighted by Gasteiger charge is 2.31. The fourth-order valence-corrected chi connectivity index (χ4v) is 3.48. The highest BCUT2D eigenvalue weighted by atomic mass is 16.5. The van der Waals surface area contributed by atoms with Gasteiger partial charge in [0.15, 0.2) is 0 Å². The lowest BCUT2D eigenvalue weighted by atomic mass is 10.1. The molecule has 1 amide bonds. The summed E-state index contributed by atoms with van der Waals surface area (Å²) in [5.41, 5.74) is 5.50. The van der Waals surface area contributed by atoms with Gasteiger partial charge in [-0.2, -0.15) is 0 Å². The van der Waals surface area contributed by atoms with E-state index in [4.69, 9.17) is 10.5 Å². The molecule has 0 aromatic heterocycles. The molecule has 2 N–H and O–H groups in total. The maximum absolute atomic E-state index is 12.2. The Balaban J connectivity index is 1.85. The highest BCUT2D eigenvalue weighted by molar-refractivity contribution is 5.76. The van der Waals surface area contributed by atoms with Gasteiger partial charge in [-0.15, -0.1) is 0 Å². The van der Waals surface area contributed by atoms with Gasteiger partial charge >= 0.3 is 0 Å². The number of carbonyl (C=O) groups is 1. The van der Waals surface area contributed by atoms with Gasteiger partial charge in [0.2, 0.25) is 5.91 Å². The van der Waals surface area contributed by atoms with E-state index >= 15 is 0 Å². The van der Waals surface area contributed by atoms with Gasteiger partial charge in [0.1, 0.15) is 0 Å². The van der Waals surface area contributed by atoms with E-state index in [-0.39, 0.29) is 5.91 Å². The van der Waals surface area contributed by atoms with Crippen LogP contribution in [0.2, 0.25) is 0 Å². The number of morpholine rings is 1. The van der Waals surface area contributed by atoms with Crippen LogP contribution in [0.25, 0.3) is 0 Å². The summed E-state index contributed by atoms with van der Waals surface area (Å²) in [6, 6.07) is 0.387. The molecule has 0 aromatic rings. The topological polar surface area (TPSA) is 58.8 Å². The van der Waals surface area contributed by atoms with Gasteiger partial charge in [-0.05, 0) is 39.7 Å². The van der Waals surface area contributed by atoms with Gasteiger partial charge in [-0.3, -0.25) is 9.69 Å². The predicted octanol–water partition coefficient (Wildman–Crippen LogP) is 0.826. The second-order valence-electron chi connectivity index (χ2n) is 6.25. The van der Waals surface area contributed by atoms with Crippen LogP contribution in [-0.4, -0.2) is 66.7 Å². The molecule has 116 valence electrons. The molecule has 5 heteroatoms. The number of ether oxygens (including phenoxy) is 1. The lowest BCUT2D eigenvalue weighted by Crippen LogP contribution is -2.50. The normalized spacial score (nSPS) is 31.8. The van der Waals surface area contributed by atoms with E-state index in [0.29, 0.717) is 31.2 Å². The quantitative estimate of drug-likeness (QED) is 0.812. The maximum Gasteiger partial charge on any atom is 0.222 e. The van der Waals surface area contributed by atoms with Crippen LogP contribution in [0, 0.1) is 0 Å². The van der Waals surface area contributed by atoms with Crippen molar-refractivity contribution in [3.05, 3.63) is 0 Å². The van der Waals surface area contributed by atoms with E-state index in [1.54, 1.807) is 0 Å². The van der Waals surface area contributed by atoms with Gasteiger partial charge in [-0.25, -0.2) is 0 Å². The Hall–Kier alpha value is -0.650. The first kappa shape index (κ1) is 15.7. The first-order valence-electron chi connectivity index (χ1n) is 7.97. The van der Waals surface area contributed by atoms with Crippen LogP contribution >= 0.6 is 0 Å². The Morgan fingerprint density at radius 3 is 2.65 bits per heavy atom. The number of hydrogen-bond donors (Lipinski definition) is 1. The largest absolute Gasteiger partial charge is 0.373 e. The Morgan fingerprint density at radius 2 is 2.00 bits per heavy atom. The molecule has 2 fully saturated rings. The Kier molecular flexibility index (Phi) is 5.81. The first-order chi connectivity index (χ1) is 9.60. The second kappa shape index (κ2) is 7.38. The third-order valence-electron chi connectivity index (χ3n) is 4.26. The standard InChI is InChI=1S/C15H29N3O2/c1-12-9-17(10-13(2)20-12)11-14-5-4-8-18(14)15(19)6-3-7-16/h12-14H,3-11,16H2,1-2H3/t12-,13+,14-/m1/s1. The van der Waals surface area contributed by atoms with Crippen LogP contribution in [0.15, 0.2) is 0 Å². The Morgan fingerprint density at radius 1 is 1.30 bits per heavy atom. The van der Waals surface area contributed by atoms with E-state index in [1.165, 1.54) is 0 Å². The first-order valence-corrected chi connectivity index (χ1v) is 7.97. The third-order valence-corrected chi connectivity index (χ3v) is 4.26. The van der Waals surface area contributed by atoms with Gasteiger partial charge in [0.25, 0.3) is 0 Å². The van der Waals surface area contributed by atoms with Gasteiger partial charge in [0.05, 0.1) is 12.2 Å². The van der Waals surface area contributed by atoms with E-state index in [1.807, 2.05) is 0 Å². The monoisotopic (exact) mass is 283 g/mol. The SMILES string of the molecule is C[C@@H]1CN(C[C@H]2CCCN2C(=O)CCCN)C[C@H](C)O1. The lowest BCUT2D eigenvalue weighted by molar-refractivity contribution is -0.133. The van der Waals surface area contributed by atoms with Crippen molar-refractivity contribution >= 4 is 5.91 Å². The van der Waals surface area contributed by atoms with Crippen molar-refractivity contribution in [1.82, 2.24) is 9.80 Å². The molecule has 2 rings (SSSR count). The number of likely N-dealkylation sites (tertiary alicyclic amines) is 1. The number of hydrogen-bond acceptors (Lipinski definition) is 4. The van der Waals surface area contributed by atoms with Crippen LogP contribution in [0.4, 0.5) is 0 Å². The molecule has 0 unspecified atom stereocenters. The molecule has 20 heavy (non-hydrogen) atoms. The van der Waals surface area contributed by atoms with Crippen molar-refractivity contribution in [1.29, 1.82) is 0 Å². The summed E-state index contributed by atoms with van der Waals surface area (Å²) in [7, 11) is 0. The van der Waals surface area contributed by atoms with Gasteiger partial charge in [-0.1, -0.05) is 0 Å². The molecular formula is C15H29N3O2. The predicted molar refractivity (Wildman–Crippen MR) is 79.5 cm³/mol. The molecule has 0 spiro atoms. The van der Waals surface area contributed by atoms with Crippen molar-refractivity contribution in [2.75, 3.05) is 32.7 Å². The highest BCUT2D eigenvalue weighted by Crippen LogP contribution is 2.21. The minimum atomic E-state index is 0.285. The maximum atomic E-state index is 12.2. The summed E-state index contributed by atoms with van der Waals surface area (Å²) >= 11 is 0. The zero-order valence-corrected chi connectivity index (χ0v) is 12.9. The fraction of sp³-hybridized carbons (Fsp3) is 0.933. The summed E-state index contributed by atoms with van der Waals surface area (Å²) in [5, 5.41) is 0. The molecule has 2 heterocycles. The molecule has 2 aliphatic heterocycles. The lowest BCUT2D eigenvalue weighted by Gasteiger charge is -2.38. The molecule has 2 aliphatic rings. The molecular weight excluding hydrogens is 254 g/mol. The number of nitrogens with zero attached hydrogens (tertiary/aromatic N) is 2. The second-order valence-corrected chi connectivity index (χ2v) is 6.25. The summed E-state index contributed by atoms with van der Waals surface area (Å²) in [5.74, 6) is 0.285. The number of carbonyl (C=O) groups excluding carboxylic acids is 1. The fourth-order valence-electron chi connectivity index (χ4n) is 3.48. The van der Waals surface area contributed by atoms with Gasteiger partial charge in [0, 0.05) is 38.6 Å². The molecule has 0 bridgehead atoms. The minimum absolute atomic E-state index is 0.285. The van der Waals surface area contributed by atoms with Crippen LogP contribution in [0.1, 0.15) is 39.5 Å². The van der Waals surface area contributed by atoms with Crippen LogP contribution in [0.3, 0.4) is 0 Å². The van der Waals surface area contributed by atoms with Crippen LogP contribution < -0.4 is 5.73 Å². The summed E-state index contributed by atoms with van der Waals surface area (Å²) < 4.78 is 5.77. The van der Waals surface area contributed by atoms with Crippen molar-refractivity contribution in [3.63, 3.8) is 0 Å². The molecule has 0 aromatic carbocycles. The molecule has 3 atom stereocenters. The van der Waals surface area contributed by atoms with Crippen molar-refractivity contribution in [2.24, 2.45) is 5.73 Å². The number of amides is 1. The summed E-state index contributed by atoms with van der Waals surface area (Å²) in [6.45, 7) is 8.72. The number of nitrogens with two attached hydrogens (primary N) is 1. The molecule has 0 aliphatic carbocycles. The summed E-state index contributed by atoms with van der Waals surface area (Å²) in [6.07, 6.45) is 4.25. The average molecular weight is 283 g/mol. The summed E-state index contributed by atoms with van der Waals surface area (Å²) in [4.78, 5) is 16.8. The third kappa shape index (κ3) is 4.17. The van der Waals surface area contributed by atoms with Crippen molar-refractivity contribution < 1.29 is 9.53 Å². The van der Waals surface area contributed by atoms with E-state index < -0.39 is 0 Å². The minimum Gasteiger partial charge on any atom is -0.373 e. The Labute approximate surface area is 122 Å². The number of rotatable bonds is 5. The van der Waals surface area contributed by atoms with E-state index in [2.05, 4.69) is 23.6 Å². The van der Waals surface area contributed by atoms with Crippen LogP contribution in [0.5, 0.6) is 0 Å². The average Bonchev–Trinajstić information content (AvgIpc) is 2.82. The van der Waals surface area contributed by atoms with E-state index in [0.717, 1.165) is 45.4 Å². The molecule has 0 saturated carbocycles. The van der Waals surface area contributed by atoms with Crippen molar-refractivity contribution in [2.45, 2.75) is 57.8 Å². The van der Waals surface area contributed by atoms with E-state index in [9.17, 15) is 4.79 Å². The molecule has 5 nitrogen and oxygen atoms in total. The zero-order chi connectivity index (χ0) is 14.5. The zero-order valence-electron chi connectivity index (χ0n) is 12.9. The smallest absolute Gasteiger partial charge is 0.222 e. The van der Waals surface area contributed by atoms with Gasteiger partial charge < -0.3 is 15.4 Å². The van der Waals surface area contributed by atoms with Crippen LogP contribution in [-0.2, 0) is 9.53 Å². The molecule has 2 saturated heterocycles. The molecule has 0 radical (unpaired) electrons. The van der Waals surface area contributed by atoms with Crippen molar-refractivity contribution in [3.8, 4) is 0 Å².